The molecule has 1 atom stereocenters. The van der Waals surface area contributed by atoms with Crippen molar-refractivity contribution < 1.29 is 4.39 Å². The van der Waals surface area contributed by atoms with E-state index >= 15 is 0 Å². The fraction of sp³-hybridized carbons (Fsp3) is 0.100. The highest BCUT2D eigenvalue weighted by molar-refractivity contribution is 6.09. The Balaban J connectivity index is 1.93. The second-order valence-electron chi connectivity index (χ2n) is 5.99. The first-order chi connectivity index (χ1) is 12.1. The smallest absolute Gasteiger partial charge is 0.256 e. The van der Waals surface area contributed by atoms with Crippen molar-refractivity contribution >= 4 is 27.5 Å². The third-order valence-electron chi connectivity index (χ3n) is 4.33. The Hall–Kier alpha value is -3.21. The van der Waals surface area contributed by atoms with E-state index in [-0.39, 0.29) is 11.6 Å². The Kier molecular flexibility index (Phi) is 3.69. The number of aromatic nitrogens is 2. The molecule has 0 bridgehead atoms. The van der Waals surface area contributed by atoms with Crippen molar-refractivity contribution in [1.29, 1.82) is 0 Å². The normalized spacial score (nSPS) is 12.4. The number of pyridine rings is 2. The molecule has 0 fully saturated rings. The highest BCUT2D eigenvalue weighted by Crippen LogP contribution is 2.29. The van der Waals surface area contributed by atoms with Crippen molar-refractivity contribution in [2.45, 2.75) is 13.0 Å². The molecule has 25 heavy (non-hydrogen) atoms. The third-order valence-corrected chi connectivity index (χ3v) is 4.33. The molecule has 0 saturated carbocycles. The number of benzene rings is 2. The lowest BCUT2D eigenvalue weighted by atomic mass is 10.1. The minimum Gasteiger partial charge on any atom is -0.363 e. The molecule has 124 valence electrons. The van der Waals surface area contributed by atoms with E-state index in [0.717, 1.165) is 5.56 Å². The van der Waals surface area contributed by atoms with E-state index in [1.54, 1.807) is 18.3 Å². The number of anilines is 1. The minimum absolute atomic E-state index is 0.00841. The van der Waals surface area contributed by atoms with Crippen LogP contribution >= 0.6 is 0 Å². The van der Waals surface area contributed by atoms with E-state index in [2.05, 4.69) is 15.3 Å². The summed E-state index contributed by atoms with van der Waals surface area (Å²) >= 11 is 0. The Morgan fingerprint density at radius 2 is 1.88 bits per heavy atom. The van der Waals surface area contributed by atoms with E-state index in [1.807, 2.05) is 37.3 Å². The van der Waals surface area contributed by atoms with E-state index in [9.17, 15) is 9.18 Å². The number of nitrogens with one attached hydrogen (secondary N) is 2. The minimum atomic E-state index is -0.391. The Morgan fingerprint density at radius 1 is 1.08 bits per heavy atom. The Bertz CT molecular complexity index is 1120. The van der Waals surface area contributed by atoms with Gasteiger partial charge < -0.3 is 10.3 Å². The molecule has 0 aliphatic heterocycles. The van der Waals surface area contributed by atoms with Crippen LogP contribution in [0.2, 0.25) is 0 Å². The van der Waals surface area contributed by atoms with Crippen LogP contribution in [0.3, 0.4) is 0 Å². The lowest BCUT2D eigenvalue weighted by molar-refractivity contribution is 0.629. The highest BCUT2D eigenvalue weighted by atomic mass is 19.1. The first-order valence-corrected chi connectivity index (χ1v) is 8.05. The van der Waals surface area contributed by atoms with E-state index in [0.29, 0.717) is 27.5 Å². The van der Waals surface area contributed by atoms with Crippen LogP contribution in [-0.4, -0.2) is 9.97 Å². The standard InChI is InChI=1S/C20H16FN3O/c1-12(13-5-3-2-4-6-13)23-19-15-9-10-22-20(25)18(15)16-11-14(21)7-8-17(16)24-19/h2-12H,1H3,(H,22,25)(H,23,24)/t12-/m1/s1. The summed E-state index contributed by atoms with van der Waals surface area (Å²) in [6.07, 6.45) is 1.58. The van der Waals surface area contributed by atoms with Crippen LogP contribution in [0, 0.1) is 5.82 Å². The van der Waals surface area contributed by atoms with Crippen LogP contribution in [-0.2, 0) is 0 Å². The summed E-state index contributed by atoms with van der Waals surface area (Å²) in [5.41, 5.74) is 1.43. The van der Waals surface area contributed by atoms with Crippen LogP contribution < -0.4 is 10.9 Å². The molecule has 0 aliphatic carbocycles. The quantitative estimate of drug-likeness (QED) is 0.547. The summed E-state index contributed by atoms with van der Waals surface area (Å²) < 4.78 is 13.7. The summed E-state index contributed by atoms with van der Waals surface area (Å²) in [6.45, 7) is 2.03. The molecule has 2 N–H and O–H groups in total. The van der Waals surface area contributed by atoms with Gasteiger partial charge in [-0.05, 0) is 36.8 Å². The van der Waals surface area contributed by atoms with Crippen molar-refractivity contribution in [2.24, 2.45) is 0 Å². The second-order valence-corrected chi connectivity index (χ2v) is 5.99. The zero-order valence-corrected chi connectivity index (χ0v) is 13.6. The molecule has 4 nitrogen and oxygen atoms in total. The van der Waals surface area contributed by atoms with Crippen molar-refractivity contribution in [3.8, 4) is 0 Å². The molecule has 2 aromatic carbocycles. The summed E-state index contributed by atoms with van der Waals surface area (Å²) in [5, 5.41) is 5.00. The topological polar surface area (TPSA) is 57.8 Å². The van der Waals surface area contributed by atoms with Gasteiger partial charge in [0.2, 0.25) is 0 Å². The number of rotatable bonds is 3. The number of aromatic amines is 1. The number of H-pyrrole nitrogens is 1. The monoisotopic (exact) mass is 333 g/mol. The zero-order valence-electron chi connectivity index (χ0n) is 13.6. The third kappa shape index (κ3) is 2.74. The van der Waals surface area contributed by atoms with Gasteiger partial charge in [0.25, 0.3) is 5.56 Å². The van der Waals surface area contributed by atoms with Crippen molar-refractivity contribution in [2.75, 3.05) is 5.32 Å². The largest absolute Gasteiger partial charge is 0.363 e. The van der Waals surface area contributed by atoms with Gasteiger partial charge in [0.1, 0.15) is 11.6 Å². The zero-order chi connectivity index (χ0) is 17.4. The second kappa shape index (κ2) is 6.02. The maximum Gasteiger partial charge on any atom is 0.256 e. The Morgan fingerprint density at radius 3 is 2.68 bits per heavy atom. The molecule has 2 aromatic heterocycles. The molecule has 0 amide bonds. The van der Waals surface area contributed by atoms with Gasteiger partial charge >= 0.3 is 0 Å². The van der Waals surface area contributed by atoms with Crippen LogP contribution in [0.4, 0.5) is 10.2 Å². The molecule has 0 unspecified atom stereocenters. The molecular formula is C20H16FN3O. The Labute approximate surface area is 143 Å². The molecule has 0 spiro atoms. The molecule has 0 saturated heterocycles. The van der Waals surface area contributed by atoms with Crippen LogP contribution in [0.1, 0.15) is 18.5 Å². The van der Waals surface area contributed by atoms with Crippen molar-refractivity contribution in [3.05, 3.63) is 82.5 Å². The predicted molar refractivity (Wildman–Crippen MR) is 98.3 cm³/mol. The lowest BCUT2D eigenvalue weighted by Gasteiger charge is -2.17. The van der Waals surface area contributed by atoms with Crippen molar-refractivity contribution in [1.82, 2.24) is 9.97 Å². The average molecular weight is 333 g/mol. The fourth-order valence-corrected chi connectivity index (χ4v) is 3.07. The van der Waals surface area contributed by atoms with Crippen LogP contribution in [0.5, 0.6) is 0 Å². The number of hydrogen-bond donors (Lipinski definition) is 2. The lowest BCUT2D eigenvalue weighted by Crippen LogP contribution is -2.11. The van der Waals surface area contributed by atoms with Gasteiger partial charge in [-0.1, -0.05) is 30.3 Å². The number of hydrogen-bond acceptors (Lipinski definition) is 3. The van der Waals surface area contributed by atoms with Crippen molar-refractivity contribution in [3.63, 3.8) is 0 Å². The molecule has 5 heteroatoms. The first-order valence-electron chi connectivity index (χ1n) is 8.05. The summed E-state index contributed by atoms with van der Waals surface area (Å²) in [4.78, 5) is 19.7. The van der Waals surface area contributed by atoms with E-state index in [4.69, 9.17) is 0 Å². The number of fused-ring (bicyclic) bond motifs is 3. The summed E-state index contributed by atoms with van der Waals surface area (Å²) in [5.74, 6) is 0.216. The maximum atomic E-state index is 13.7. The SMILES string of the molecule is C[C@@H](Nc1nc2ccc(F)cc2c2c(=O)[nH]ccc12)c1ccccc1. The first kappa shape index (κ1) is 15.3. The van der Waals surface area contributed by atoms with E-state index < -0.39 is 5.82 Å². The molecule has 4 rings (SSSR count). The molecule has 2 heterocycles. The summed E-state index contributed by atoms with van der Waals surface area (Å²) in [6, 6.07) is 16.1. The number of halogens is 1. The molecule has 4 aromatic rings. The molecule has 0 radical (unpaired) electrons. The van der Waals surface area contributed by atoms with Gasteiger partial charge in [-0.25, -0.2) is 9.37 Å². The van der Waals surface area contributed by atoms with Gasteiger partial charge in [-0.15, -0.1) is 0 Å². The molecule has 0 aliphatic rings. The average Bonchev–Trinajstić information content (AvgIpc) is 2.63. The van der Waals surface area contributed by atoms with Gasteiger partial charge in [0, 0.05) is 23.0 Å². The number of nitrogens with zero attached hydrogens (tertiary/aromatic N) is 1. The summed E-state index contributed by atoms with van der Waals surface area (Å²) in [7, 11) is 0. The van der Waals surface area contributed by atoms with E-state index in [1.165, 1.54) is 12.1 Å². The van der Waals surface area contributed by atoms with Gasteiger partial charge in [-0.3, -0.25) is 4.79 Å². The van der Waals surface area contributed by atoms with Gasteiger partial charge in [-0.2, -0.15) is 0 Å². The maximum absolute atomic E-state index is 13.7. The predicted octanol–water partition coefficient (Wildman–Crippen LogP) is 4.39. The van der Waals surface area contributed by atoms with Gasteiger partial charge in [0.05, 0.1) is 10.9 Å². The van der Waals surface area contributed by atoms with Crippen LogP contribution in [0.15, 0.2) is 65.6 Å². The highest BCUT2D eigenvalue weighted by Gasteiger charge is 2.14. The van der Waals surface area contributed by atoms with Gasteiger partial charge in [0.15, 0.2) is 0 Å². The fourth-order valence-electron chi connectivity index (χ4n) is 3.07. The molecular weight excluding hydrogens is 317 g/mol. The van der Waals surface area contributed by atoms with Crippen LogP contribution in [0.25, 0.3) is 21.7 Å².